The van der Waals surface area contributed by atoms with Crippen molar-refractivity contribution < 1.29 is 9.53 Å². The first-order chi connectivity index (χ1) is 10.6. The Hall–Kier alpha value is -1.59. The number of amides is 1. The number of carbonyl (C=O) groups excluding carboxylic acids is 1. The maximum Gasteiger partial charge on any atom is 0.265 e. The average molecular weight is 303 g/mol. The van der Waals surface area contributed by atoms with Crippen molar-refractivity contribution >= 4 is 11.6 Å². The minimum absolute atomic E-state index is 0.0336. The number of carbonyl (C=O) groups is 1. The van der Waals surface area contributed by atoms with Crippen LogP contribution in [0, 0.1) is 0 Å². The number of fused-ring (bicyclic) bond motifs is 1. The van der Waals surface area contributed by atoms with Gasteiger partial charge in [0, 0.05) is 19.1 Å². The number of benzene rings is 1. The molecule has 2 aliphatic heterocycles. The first-order valence-corrected chi connectivity index (χ1v) is 8.20. The number of likely N-dealkylation sites (tertiary alicyclic amines) is 1. The Morgan fingerprint density at radius 3 is 2.73 bits per heavy atom. The molecular formula is C17H25N3O2. The fourth-order valence-electron chi connectivity index (χ4n) is 3.17. The number of ether oxygens (including phenoxy) is 1. The van der Waals surface area contributed by atoms with E-state index >= 15 is 0 Å². The van der Waals surface area contributed by atoms with Gasteiger partial charge in [-0.15, -0.1) is 0 Å². The lowest BCUT2D eigenvalue weighted by atomic mass is 10.1. The van der Waals surface area contributed by atoms with E-state index in [1.165, 1.54) is 19.3 Å². The van der Waals surface area contributed by atoms with Gasteiger partial charge in [-0.3, -0.25) is 4.79 Å². The summed E-state index contributed by atoms with van der Waals surface area (Å²) in [6.07, 6.45) is 3.86. The van der Waals surface area contributed by atoms with E-state index in [2.05, 4.69) is 4.90 Å². The van der Waals surface area contributed by atoms with Crippen molar-refractivity contribution in [3.8, 4) is 5.75 Å². The Bertz CT molecular complexity index is 539. The van der Waals surface area contributed by atoms with Crippen LogP contribution in [0.3, 0.4) is 0 Å². The molecule has 5 heteroatoms. The van der Waals surface area contributed by atoms with E-state index < -0.39 is 0 Å². The van der Waals surface area contributed by atoms with Crippen molar-refractivity contribution in [2.75, 3.05) is 37.7 Å². The third-order valence-electron chi connectivity index (χ3n) is 4.54. The summed E-state index contributed by atoms with van der Waals surface area (Å²) in [5, 5.41) is 0. The van der Waals surface area contributed by atoms with E-state index in [1.807, 2.05) is 30.0 Å². The molecule has 0 aromatic heterocycles. The van der Waals surface area contributed by atoms with Gasteiger partial charge < -0.3 is 20.3 Å². The van der Waals surface area contributed by atoms with Crippen LogP contribution in [0.1, 0.15) is 37.8 Å². The molecule has 0 radical (unpaired) electrons. The maximum absolute atomic E-state index is 12.3. The fraction of sp³-hybridized carbons (Fsp3) is 0.588. The van der Waals surface area contributed by atoms with Crippen LogP contribution in [0.5, 0.6) is 5.75 Å². The number of rotatable bonds is 4. The predicted octanol–water partition coefficient (Wildman–Crippen LogP) is 1.92. The van der Waals surface area contributed by atoms with Crippen LogP contribution in [-0.4, -0.2) is 43.6 Å². The molecule has 1 fully saturated rings. The van der Waals surface area contributed by atoms with Gasteiger partial charge >= 0.3 is 0 Å². The normalized spacial score (nSPS) is 20.5. The third kappa shape index (κ3) is 3.25. The smallest absolute Gasteiger partial charge is 0.265 e. The Morgan fingerprint density at radius 1 is 1.23 bits per heavy atom. The van der Waals surface area contributed by atoms with Gasteiger partial charge in [-0.25, -0.2) is 0 Å². The highest BCUT2D eigenvalue weighted by Gasteiger charge is 2.26. The number of nitrogens with two attached hydrogens (primary N) is 1. The molecule has 2 aliphatic rings. The summed E-state index contributed by atoms with van der Waals surface area (Å²) in [7, 11) is 0. The minimum Gasteiger partial charge on any atom is -0.482 e. The van der Waals surface area contributed by atoms with E-state index in [-0.39, 0.29) is 18.6 Å². The van der Waals surface area contributed by atoms with Gasteiger partial charge in [0.25, 0.3) is 5.91 Å². The lowest BCUT2D eigenvalue weighted by Crippen LogP contribution is -2.44. The molecule has 5 nitrogen and oxygen atoms in total. The molecule has 2 N–H and O–H groups in total. The highest BCUT2D eigenvalue weighted by Crippen LogP contribution is 2.34. The standard InChI is InChI=1S/C17H25N3O2/c1-13(18)14-5-6-16-15(11-14)20(17(21)12-22-16)10-9-19-7-3-2-4-8-19/h5-6,11,13H,2-4,7-10,12,18H2,1H3. The summed E-state index contributed by atoms with van der Waals surface area (Å²) in [5.74, 6) is 0.814. The number of hydrogen-bond donors (Lipinski definition) is 1. The topological polar surface area (TPSA) is 58.8 Å². The summed E-state index contributed by atoms with van der Waals surface area (Å²) in [4.78, 5) is 16.6. The van der Waals surface area contributed by atoms with Gasteiger partial charge in [-0.2, -0.15) is 0 Å². The Labute approximate surface area is 132 Å². The molecular weight excluding hydrogens is 278 g/mol. The Balaban J connectivity index is 1.75. The first-order valence-electron chi connectivity index (χ1n) is 8.20. The maximum atomic E-state index is 12.3. The Morgan fingerprint density at radius 2 is 2.00 bits per heavy atom. The fourth-order valence-corrected chi connectivity index (χ4v) is 3.17. The van der Waals surface area contributed by atoms with E-state index in [1.54, 1.807) is 0 Å². The van der Waals surface area contributed by atoms with Crippen LogP contribution in [-0.2, 0) is 4.79 Å². The molecule has 0 bridgehead atoms. The van der Waals surface area contributed by atoms with Gasteiger partial charge in [0.2, 0.25) is 0 Å². The van der Waals surface area contributed by atoms with Crippen LogP contribution in [0.15, 0.2) is 18.2 Å². The molecule has 1 saturated heterocycles. The summed E-state index contributed by atoms with van der Waals surface area (Å²) < 4.78 is 5.55. The van der Waals surface area contributed by atoms with Crippen LogP contribution in [0.2, 0.25) is 0 Å². The molecule has 1 atom stereocenters. The Kier molecular flexibility index (Phi) is 4.64. The highest BCUT2D eigenvalue weighted by atomic mass is 16.5. The van der Waals surface area contributed by atoms with Crippen molar-refractivity contribution in [3.05, 3.63) is 23.8 Å². The second-order valence-electron chi connectivity index (χ2n) is 6.25. The molecule has 1 aromatic rings. The van der Waals surface area contributed by atoms with Gasteiger partial charge in [0.05, 0.1) is 5.69 Å². The van der Waals surface area contributed by atoms with Gasteiger partial charge in [0.1, 0.15) is 5.75 Å². The zero-order valence-electron chi connectivity index (χ0n) is 13.3. The molecule has 1 aromatic carbocycles. The number of piperidine rings is 1. The first kappa shape index (κ1) is 15.3. The van der Waals surface area contributed by atoms with Gasteiger partial charge in [0.15, 0.2) is 6.61 Å². The number of anilines is 1. The monoisotopic (exact) mass is 303 g/mol. The summed E-state index contributed by atoms with van der Waals surface area (Å²) in [6, 6.07) is 5.84. The molecule has 3 rings (SSSR count). The molecule has 0 spiro atoms. The molecule has 1 unspecified atom stereocenters. The zero-order valence-corrected chi connectivity index (χ0v) is 13.3. The molecule has 2 heterocycles. The summed E-state index contributed by atoms with van der Waals surface area (Å²) in [6.45, 7) is 6.01. The predicted molar refractivity (Wildman–Crippen MR) is 87.2 cm³/mol. The number of nitrogens with zero attached hydrogens (tertiary/aromatic N) is 2. The molecule has 1 amide bonds. The zero-order chi connectivity index (χ0) is 15.5. The molecule has 22 heavy (non-hydrogen) atoms. The minimum atomic E-state index is -0.0497. The summed E-state index contributed by atoms with van der Waals surface area (Å²) in [5.41, 5.74) is 7.86. The SMILES string of the molecule is CC(N)c1ccc2c(c1)N(CCN1CCCCC1)C(=O)CO2. The van der Waals surface area contributed by atoms with Crippen LogP contribution < -0.4 is 15.4 Å². The average Bonchev–Trinajstić information content (AvgIpc) is 2.54. The second kappa shape index (κ2) is 6.67. The van der Waals surface area contributed by atoms with Crippen molar-refractivity contribution in [2.45, 2.75) is 32.2 Å². The molecule has 0 saturated carbocycles. The van der Waals surface area contributed by atoms with Gasteiger partial charge in [-0.05, 0) is 50.6 Å². The quantitative estimate of drug-likeness (QED) is 0.923. The van der Waals surface area contributed by atoms with Crippen molar-refractivity contribution in [3.63, 3.8) is 0 Å². The highest BCUT2D eigenvalue weighted by molar-refractivity contribution is 5.97. The third-order valence-corrected chi connectivity index (χ3v) is 4.54. The second-order valence-corrected chi connectivity index (χ2v) is 6.25. The lowest BCUT2D eigenvalue weighted by molar-refractivity contribution is -0.121. The molecule has 120 valence electrons. The number of hydrogen-bond acceptors (Lipinski definition) is 4. The van der Waals surface area contributed by atoms with E-state index in [4.69, 9.17) is 10.5 Å². The van der Waals surface area contributed by atoms with Crippen molar-refractivity contribution in [2.24, 2.45) is 5.73 Å². The van der Waals surface area contributed by atoms with Gasteiger partial charge in [-0.1, -0.05) is 12.5 Å². The lowest BCUT2D eigenvalue weighted by Gasteiger charge is -2.33. The van der Waals surface area contributed by atoms with Crippen LogP contribution in [0.25, 0.3) is 0 Å². The summed E-state index contributed by atoms with van der Waals surface area (Å²) >= 11 is 0. The van der Waals surface area contributed by atoms with E-state index in [9.17, 15) is 4.79 Å². The largest absolute Gasteiger partial charge is 0.482 e. The van der Waals surface area contributed by atoms with Crippen molar-refractivity contribution in [1.29, 1.82) is 0 Å². The van der Waals surface area contributed by atoms with E-state index in [0.29, 0.717) is 0 Å². The van der Waals surface area contributed by atoms with Crippen LogP contribution in [0.4, 0.5) is 5.69 Å². The molecule has 0 aliphatic carbocycles. The van der Waals surface area contributed by atoms with E-state index in [0.717, 1.165) is 43.2 Å². The van der Waals surface area contributed by atoms with Crippen LogP contribution >= 0.6 is 0 Å². The van der Waals surface area contributed by atoms with Crippen molar-refractivity contribution in [1.82, 2.24) is 4.90 Å².